The van der Waals surface area contributed by atoms with Crippen LogP contribution in [0, 0.1) is 6.92 Å². The molecule has 0 aliphatic carbocycles. The monoisotopic (exact) mass is 437 g/mol. The number of carbonyl (C=O) groups is 1. The number of likely N-dealkylation sites (tertiary alicyclic amines) is 1. The quantitative estimate of drug-likeness (QED) is 0.441. The largest absolute Gasteiger partial charge is 0.326 e. The molecule has 5 rings (SSSR count). The maximum atomic E-state index is 13.4. The summed E-state index contributed by atoms with van der Waals surface area (Å²) in [5.41, 5.74) is 1.81. The number of hydrogen-bond acceptors (Lipinski definition) is 5. The summed E-state index contributed by atoms with van der Waals surface area (Å²) in [4.78, 5) is 24.6. The van der Waals surface area contributed by atoms with Crippen LogP contribution in [-0.4, -0.2) is 37.1 Å². The van der Waals surface area contributed by atoms with Gasteiger partial charge in [0.15, 0.2) is 0 Å². The van der Waals surface area contributed by atoms with Gasteiger partial charge in [-0.05, 0) is 62.6 Å². The average molecular weight is 438 g/mol. The number of hydrogen-bond donors (Lipinski definition) is 0. The van der Waals surface area contributed by atoms with Crippen molar-refractivity contribution in [3.8, 4) is 5.69 Å². The van der Waals surface area contributed by atoms with Crippen molar-refractivity contribution in [2.45, 2.75) is 32.2 Å². The second-order valence-corrected chi connectivity index (χ2v) is 8.90. The third-order valence-corrected chi connectivity index (χ3v) is 6.78. The Morgan fingerprint density at radius 3 is 2.70 bits per heavy atom. The van der Waals surface area contributed by atoms with Crippen LogP contribution in [0.15, 0.2) is 48.5 Å². The Morgan fingerprint density at radius 2 is 1.90 bits per heavy atom. The van der Waals surface area contributed by atoms with Crippen molar-refractivity contribution in [2.24, 2.45) is 0 Å². The number of fused-ring (bicyclic) bond motifs is 1. The van der Waals surface area contributed by atoms with Gasteiger partial charge in [0.1, 0.15) is 10.8 Å². The Hall–Kier alpha value is -2.77. The minimum absolute atomic E-state index is 0.0357. The van der Waals surface area contributed by atoms with E-state index in [9.17, 15) is 4.79 Å². The van der Waals surface area contributed by atoms with E-state index in [0.29, 0.717) is 17.4 Å². The van der Waals surface area contributed by atoms with E-state index < -0.39 is 0 Å². The van der Waals surface area contributed by atoms with E-state index >= 15 is 0 Å². The van der Waals surface area contributed by atoms with E-state index in [1.807, 2.05) is 42.2 Å². The molecule has 0 saturated carbocycles. The van der Waals surface area contributed by atoms with Crippen LogP contribution in [-0.2, 0) is 0 Å². The predicted molar refractivity (Wildman–Crippen MR) is 118 cm³/mol. The smallest absolute Gasteiger partial charge is 0.294 e. The highest BCUT2D eigenvalue weighted by molar-refractivity contribution is 7.18. The van der Waals surface area contributed by atoms with Crippen LogP contribution >= 0.6 is 22.9 Å². The predicted octanol–water partition coefficient (Wildman–Crippen LogP) is 5.21. The maximum absolute atomic E-state index is 13.4. The Bertz CT molecular complexity index is 1180. The van der Waals surface area contributed by atoms with Gasteiger partial charge in [0.25, 0.3) is 5.91 Å². The standard InChI is InChI=1S/C22H20ClN5OS/c1-14-24-20(26-28(14)16-11-9-15(23)10-12-16)22(29)27-13-5-4-7-18(27)21-25-17-6-2-3-8-19(17)30-21/h2-3,6,8-12,18H,4-5,7,13H2,1H3/t18-/m1/s1. The van der Waals surface area contributed by atoms with Crippen LogP contribution in [0.4, 0.5) is 0 Å². The van der Waals surface area contributed by atoms with Crippen LogP contribution in [0.25, 0.3) is 15.9 Å². The average Bonchev–Trinajstić information content (AvgIpc) is 3.37. The molecule has 1 atom stereocenters. The van der Waals surface area contributed by atoms with Crippen molar-refractivity contribution >= 4 is 39.1 Å². The fourth-order valence-electron chi connectivity index (χ4n) is 3.90. The molecule has 30 heavy (non-hydrogen) atoms. The molecule has 6 nitrogen and oxygen atoms in total. The Morgan fingerprint density at radius 1 is 1.10 bits per heavy atom. The SMILES string of the molecule is Cc1nc(C(=O)N2CCCC[C@@H]2c2nc3ccccc3s2)nn1-c1ccc(Cl)cc1. The van der Waals surface area contributed by atoms with Crippen molar-refractivity contribution in [3.63, 3.8) is 0 Å². The summed E-state index contributed by atoms with van der Waals surface area (Å²) in [5, 5.41) is 6.15. The van der Waals surface area contributed by atoms with Crippen LogP contribution in [0.3, 0.4) is 0 Å². The molecular weight excluding hydrogens is 418 g/mol. The summed E-state index contributed by atoms with van der Waals surface area (Å²) < 4.78 is 2.83. The van der Waals surface area contributed by atoms with Gasteiger partial charge < -0.3 is 4.90 Å². The van der Waals surface area contributed by atoms with Gasteiger partial charge in [-0.1, -0.05) is 23.7 Å². The highest BCUT2D eigenvalue weighted by Gasteiger charge is 2.33. The van der Waals surface area contributed by atoms with Crippen LogP contribution in [0.5, 0.6) is 0 Å². The molecule has 0 spiro atoms. The molecule has 1 aliphatic heterocycles. The molecule has 0 radical (unpaired) electrons. The molecule has 2 aromatic carbocycles. The summed E-state index contributed by atoms with van der Waals surface area (Å²) in [6.07, 6.45) is 2.96. The van der Waals surface area contributed by atoms with E-state index in [1.165, 1.54) is 0 Å². The molecule has 0 unspecified atom stereocenters. The third kappa shape index (κ3) is 3.48. The Kier molecular flexibility index (Phi) is 5.00. The molecule has 4 aromatic rings. The first-order chi connectivity index (χ1) is 14.6. The number of para-hydroxylation sites is 1. The minimum Gasteiger partial charge on any atom is -0.326 e. The number of rotatable bonds is 3. The van der Waals surface area contributed by atoms with Gasteiger partial charge in [0, 0.05) is 11.6 Å². The zero-order valence-electron chi connectivity index (χ0n) is 16.5. The first-order valence-electron chi connectivity index (χ1n) is 9.96. The first kappa shape index (κ1) is 19.2. The number of thiazole rings is 1. The molecule has 1 aliphatic rings. The maximum Gasteiger partial charge on any atom is 0.294 e. The lowest BCUT2D eigenvalue weighted by molar-refractivity contribution is 0.0598. The topological polar surface area (TPSA) is 63.9 Å². The van der Waals surface area contributed by atoms with Gasteiger partial charge in [0.05, 0.1) is 21.9 Å². The van der Waals surface area contributed by atoms with Crippen molar-refractivity contribution in [1.29, 1.82) is 0 Å². The lowest BCUT2D eigenvalue weighted by atomic mass is 10.0. The highest BCUT2D eigenvalue weighted by Crippen LogP contribution is 2.36. The van der Waals surface area contributed by atoms with E-state index in [4.69, 9.17) is 16.6 Å². The van der Waals surface area contributed by atoms with Gasteiger partial charge in [-0.3, -0.25) is 4.79 Å². The van der Waals surface area contributed by atoms with Crippen LogP contribution in [0.1, 0.15) is 46.8 Å². The van der Waals surface area contributed by atoms with Crippen molar-refractivity contribution < 1.29 is 4.79 Å². The summed E-state index contributed by atoms with van der Waals surface area (Å²) in [6, 6.07) is 15.4. The normalized spacial score (nSPS) is 16.9. The van der Waals surface area contributed by atoms with Gasteiger partial charge in [-0.25, -0.2) is 14.6 Å². The Labute approximate surface area is 183 Å². The number of aryl methyl sites for hydroxylation is 1. The molecule has 152 valence electrons. The zero-order chi connectivity index (χ0) is 20.7. The summed E-state index contributed by atoms with van der Waals surface area (Å²) in [5.74, 6) is 0.736. The highest BCUT2D eigenvalue weighted by atomic mass is 35.5. The molecule has 1 saturated heterocycles. The molecule has 1 fully saturated rings. The van der Waals surface area contributed by atoms with Crippen molar-refractivity contribution in [3.05, 3.63) is 70.2 Å². The number of benzene rings is 2. The number of nitrogens with zero attached hydrogens (tertiary/aromatic N) is 5. The first-order valence-corrected chi connectivity index (χ1v) is 11.2. The fourth-order valence-corrected chi connectivity index (χ4v) is 5.14. The Balaban J connectivity index is 1.46. The minimum atomic E-state index is -0.144. The molecule has 2 aromatic heterocycles. The van der Waals surface area contributed by atoms with Crippen molar-refractivity contribution in [1.82, 2.24) is 24.6 Å². The van der Waals surface area contributed by atoms with Crippen LogP contribution in [0.2, 0.25) is 5.02 Å². The van der Waals surface area contributed by atoms with Gasteiger partial charge in [-0.15, -0.1) is 16.4 Å². The van der Waals surface area contributed by atoms with Crippen LogP contribution < -0.4 is 0 Å². The molecular formula is C22H20ClN5OS. The number of piperidine rings is 1. The summed E-state index contributed by atoms with van der Waals surface area (Å²) >= 11 is 7.65. The lowest BCUT2D eigenvalue weighted by Crippen LogP contribution is -2.39. The fraction of sp³-hybridized carbons (Fsp3) is 0.273. The number of carbonyl (C=O) groups excluding carboxylic acids is 1. The second-order valence-electron chi connectivity index (χ2n) is 7.40. The number of aromatic nitrogens is 4. The number of halogens is 1. The molecule has 0 bridgehead atoms. The lowest BCUT2D eigenvalue weighted by Gasteiger charge is -2.33. The van der Waals surface area contributed by atoms with Gasteiger partial charge in [-0.2, -0.15) is 0 Å². The van der Waals surface area contributed by atoms with E-state index in [0.717, 1.165) is 40.2 Å². The van der Waals surface area contributed by atoms with E-state index in [-0.39, 0.29) is 17.8 Å². The van der Waals surface area contributed by atoms with Gasteiger partial charge >= 0.3 is 0 Å². The zero-order valence-corrected chi connectivity index (χ0v) is 18.0. The third-order valence-electron chi connectivity index (χ3n) is 5.39. The summed E-state index contributed by atoms with van der Waals surface area (Å²) in [6.45, 7) is 2.54. The molecule has 1 amide bonds. The second kappa shape index (κ2) is 7.81. The molecule has 3 heterocycles. The van der Waals surface area contributed by atoms with E-state index in [2.05, 4.69) is 16.1 Å². The number of amides is 1. The summed E-state index contributed by atoms with van der Waals surface area (Å²) in [7, 11) is 0. The molecule has 0 N–H and O–H groups in total. The van der Waals surface area contributed by atoms with Gasteiger partial charge in [0.2, 0.25) is 5.82 Å². The van der Waals surface area contributed by atoms with E-state index in [1.54, 1.807) is 28.2 Å². The molecule has 8 heteroatoms. The van der Waals surface area contributed by atoms with Crippen molar-refractivity contribution in [2.75, 3.05) is 6.54 Å².